The minimum Gasteiger partial charge on any atom is -0.468 e. The van der Waals surface area contributed by atoms with Crippen LogP contribution in [0.1, 0.15) is 12.8 Å². The first-order chi connectivity index (χ1) is 6.63. The largest absolute Gasteiger partial charge is 0.468 e. The highest BCUT2D eigenvalue weighted by atomic mass is 16.5. The maximum atomic E-state index is 11.3. The van der Waals surface area contributed by atoms with E-state index in [1.54, 1.807) is 0 Å². The normalized spacial score (nSPS) is 13.1. The Balaban J connectivity index is 4.10. The quantitative estimate of drug-likeness (QED) is 0.478. The lowest BCUT2D eigenvalue weighted by Crippen LogP contribution is -2.36. The Morgan fingerprint density at radius 2 is 2.14 bits per heavy atom. The molecule has 0 heterocycles. The second-order valence-corrected chi connectivity index (χ2v) is 3.23. The number of methoxy groups -OCH3 is 1. The molecule has 0 fully saturated rings. The number of likely N-dealkylation sites (N-methyl/N-ethyl adjacent to an activating group) is 1. The van der Waals surface area contributed by atoms with Gasteiger partial charge in [0.05, 0.1) is 7.11 Å². The Kier molecular flexibility index (Phi) is 6.76. The van der Waals surface area contributed by atoms with Crippen LogP contribution in [0.15, 0.2) is 24.8 Å². The molecule has 0 N–H and O–H groups in total. The zero-order valence-electron chi connectivity index (χ0n) is 9.19. The predicted octanol–water partition coefficient (Wildman–Crippen LogP) is 1.61. The molecule has 0 aliphatic carbocycles. The molecule has 0 saturated carbocycles. The average Bonchev–Trinajstić information content (AvgIpc) is 2.16. The number of hydrogen-bond acceptors (Lipinski definition) is 3. The van der Waals surface area contributed by atoms with Crippen LogP contribution in [-0.2, 0) is 9.53 Å². The third kappa shape index (κ3) is 4.82. The topological polar surface area (TPSA) is 29.5 Å². The molecule has 0 aromatic heterocycles. The molecule has 0 amide bonds. The highest BCUT2D eigenvalue weighted by Gasteiger charge is 2.19. The lowest BCUT2D eigenvalue weighted by Gasteiger charge is -2.19. The summed E-state index contributed by atoms with van der Waals surface area (Å²) in [6.45, 7) is 3.61. The van der Waals surface area contributed by atoms with Gasteiger partial charge in [-0.3, -0.25) is 9.69 Å². The highest BCUT2D eigenvalue weighted by Crippen LogP contribution is 2.03. The Labute approximate surface area is 86.0 Å². The van der Waals surface area contributed by atoms with Crippen molar-refractivity contribution < 1.29 is 9.53 Å². The molecular formula is C11H19NO2. The smallest absolute Gasteiger partial charge is 0.323 e. The van der Waals surface area contributed by atoms with Crippen molar-refractivity contribution in [2.24, 2.45) is 0 Å². The number of hydrogen-bond donors (Lipinski definition) is 0. The van der Waals surface area contributed by atoms with E-state index in [9.17, 15) is 4.79 Å². The van der Waals surface area contributed by atoms with E-state index in [0.29, 0.717) is 6.42 Å². The summed E-state index contributed by atoms with van der Waals surface area (Å²) in [7, 11) is 5.14. The molecule has 14 heavy (non-hydrogen) atoms. The van der Waals surface area contributed by atoms with Crippen molar-refractivity contribution in [2.75, 3.05) is 21.2 Å². The average molecular weight is 197 g/mol. The minimum absolute atomic E-state index is 0.193. The molecule has 0 bridgehead atoms. The molecule has 80 valence electrons. The Morgan fingerprint density at radius 3 is 2.57 bits per heavy atom. The number of esters is 1. The maximum absolute atomic E-state index is 11.3. The van der Waals surface area contributed by atoms with E-state index in [4.69, 9.17) is 4.74 Å². The molecule has 0 aromatic rings. The SMILES string of the molecule is C=CC/C=C/CC(C(=O)OC)N(C)C. The van der Waals surface area contributed by atoms with Crippen molar-refractivity contribution in [1.82, 2.24) is 4.90 Å². The van der Waals surface area contributed by atoms with Gasteiger partial charge in [0.15, 0.2) is 0 Å². The number of allylic oxidation sites excluding steroid dienone is 2. The first-order valence-electron chi connectivity index (χ1n) is 4.63. The van der Waals surface area contributed by atoms with Crippen LogP contribution in [0.25, 0.3) is 0 Å². The first kappa shape index (κ1) is 12.9. The van der Waals surface area contributed by atoms with Gasteiger partial charge in [0.1, 0.15) is 6.04 Å². The molecule has 0 saturated heterocycles. The minimum atomic E-state index is -0.196. The van der Waals surface area contributed by atoms with Crippen molar-refractivity contribution in [3.05, 3.63) is 24.8 Å². The van der Waals surface area contributed by atoms with E-state index in [1.807, 2.05) is 37.2 Å². The third-order valence-electron chi connectivity index (χ3n) is 1.93. The van der Waals surface area contributed by atoms with Gasteiger partial charge >= 0.3 is 5.97 Å². The summed E-state index contributed by atoms with van der Waals surface area (Å²) in [5.74, 6) is -0.196. The summed E-state index contributed by atoms with van der Waals surface area (Å²) >= 11 is 0. The zero-order chi connectivity index (χ0) is 11.0. The standard InChI is InChI=1S/C11H19NO2/c1-5-6-7-8-9-10(12(2)3)11(13)14-4/h5,7-8,10H,1,6,9H2,2-4H3/b8-7+. The summed E-state index contributed by atoms with van der Waals surface area (Å²) < 4.78 is 4.70. The van der Waals surface area contributed by atoms with Crippen LogP contribution in [0, 0.1) is 0 Å². The Morgan fingerprint density at radius 1 is 1.50 bits per heavy atom. The van der Waals surface area contributed by atoms with Gasteiger partial charge < -0.3 is 4.74 Å². The molecule has 1 atom stereocenters. The van der Waals surface area contributed by atoms with Crippen LogP contribution in [-0.4, -0.2) is 38.1 Å². The third-order valence-corrected chi connectivity index (χ3v) is 1.93. The molecule has 0 radical (unpaired) electrons. The summed E-state index contributed by atoms with van der Waals surface area (Å²) in [6, 6.07) is -0.193. The maximum Gasteiger partial charge on any atom is 0.323 e. The summed E-state index contributed by atoms with van der Waals surface area (Å²) in [5.41, 5.74) is 0. The van der Waals surface area contributed by atoms with Crippen LogP contribution in [0.2, 0.25) is 0 Å². The van der Waals surface area contributed by atoms with Gasteiger partial charge in [0, 0.05) is 0 Å². The summed E-state index contributed by atoms with van der Waals surface area (Å²) in [6.07, 6.45) is 7.30. The number of ether oxygens (including phenoxy) is 1. The van der Waals surface area contributed by atoms with Crippen LogP contribution in [0.4, 0.5) is 0 Å². The monoisotopic (exact) mass is 197 g/mol. The summed E-state index contributed by atoms with van der Waals surface area (Å²) in [4.78, 5) is 13.2. The highest BCUT2D eigenvalue weighted by molar-refractivity contribution is 5.75. The van der Waals surface area contributed by atoms with Crippen molar-refractivity contribution in [3.8, 4) is 0 Å². The lowest BCUT2D eigenvalue weighted by atomic mass is 10.1. The fraction of sp³-hybridized carbons (Fsp3) is 0.545. The van der Waals surface area contributed by atoms with E-state index in [-0.39, 0.29) is 12.0 Å². The molecule has 0 aromatic carbocycles. The molecule has 1 unspecified atom stereocenters. The van der Waals surface area contributed by atoms with E-state index < -0.39 is 0 Å². The number of rotatable bonds is 6. The molecular weight excluding hydrogens is 178 g/mol. The van der Waals surface area contributed by atoms with Crippen LogP contribution >= 0.6 is 0 Å². The lowest BCUT2D eigenvalue weighted by molar-refractivity contribution is -0.145. The molecule has 0 aliphatic heterocycles. The predicted molar refractivity (Wildman–Crippen MR) is 58.1 cm³/mol. The Hall–Kier alpha value is -1.09. The van der Waals surface area contributed by atoms with Crippen molar-refractivity contribution >= 4 is 5.97 Å². The van der Waals surface area contributed by atoms with E-state index >= 15 is 0 Å². The van der Waals surface area contributed by atoms with Gasteiger partial charge in [-0.1, -0.05) is 18.2 Å². The second-order valence-electron chi connectivity index (χ2n) is 3.23. The van der Waals surface area contributed by atoms with Crippen LogP contribution in [0.5, 0.6) is 0 Å². The molecule has 0 aliphatic rings. The van der Waals surface area contributed by atoms with Gasteiger partial charge in [0.2, 0.25) is 0 Å². The van der Waals surface area contributed by atoms with Crippen LogP contribution < -0.4 is 0 Å². The number of nitrogens with zero attached hydrogens (tertiary/aromatic N) is 1. The van der Waals surface area contributed by atoms with Crippen LogP contribution in [0.3, 0.4) is 0 Å². The molecule has 3 nitrogen and oxygen atoms in total. The van der Waals surface area contributed by atoms with E-state index in [0.717, 1.165) is 6.42 Å². The van der Waals surface area contributed by atoms with Gasteiger partial charge in [-0.25, -0.2) is 0 Å². The number of carbonyl (C=O) groups is 1. The van der Waals surface area contributed by atoms with Gasteiger partial charge in [0.25, 0.3) is 0 Å². The van der Waals surface area contributed by atoms with E-state index in [2.05, 4.69) is 6.58 Å². The molecule has 0 rings (SSSR count). The Bertz CT molecular complexity index is 209. The zero-order valence-corrected chi connectivity index (χ0v) is 9.19. The fourth-order valence-corrected chi connectivity index (χ4v) is 1.07. The van der Waals surface area contributed by atoms with Crippen molar-refractivity contribution in [2.45, 2.75) is 18.9 Å². The number of carbonyl (C=O) groups excluding carboxylic acids is 1. The first-order valence-corrected chi connectivity index (χ1v) is 4.63. The van der Waals surface area contributed by atoms with Crippen molar-refractivity contribution in [3.63, 3.8) is 0 Å². The second kappa shape index (κ2) is 7.33. The molecule has 0 spiro atoms. The van der Waals surface area contributed by atoms with Gasteiger partial charge in [-0.05, 0) is 26.9 Å². The van der Waals surface area contributed by atoms with E-state index in [1.165, 1.54) is 7.11 Å². The van der Waals surface area contributed by atoms with Crippen molar-refractivity contribution in [1.29, 1.82) is 0 Å². The van der Waals surface area contributed by atoms with Gasteiger partial charge in [-0.2, -0.15) is 0 Å². The fourth-order valence-electron chi connectivity index (χ4n) is 1.07. The summed E-state index contributed by atoms with van der Waals surface area (Å²) in [5, 5.41) is 0. The molecule has 3 heteroatoms. The van der Waals surface area contributed by atoms with Gasteiger partial charge in [-0.15, -0.1) is 6.58 Å².